The first kappa shape index (κ1) is 21.6. The predicted molar refractivity (Wildman–Crippen MR) is 112 cm³/mol. The zero-order valence-corrected chi connectivity index (χ0v) is 18.2. The summed E-state index contributed by atoms with van der Waals surface area (Å²) in [6.07, 6.45) is 2.53. The monoisotopic (exact) mass is 439 g/mol. The van der Waals surface area contributed by atoms with E-state index >= 15 is 0 Å². The average molecular weight is 440 g/mol. The van der Waals surface area contributed by atoms with Crippen LogP contribution in [0, 0.1) is 6.92 Å². The van der Waals surface area contributed by atoms with Crippen molar-refractivity contribution < 1.29 is 17.7 Å². The van der Waals surface area contributed by atoms with Crippen LogP contribution >= 0.6 is 11.6 Å². The molecule has 3 rings (SSSR count). The van der Waals surface area contributed by atoms with Crippen molar-refractivity contribution in [2.45, 2.75) is 50.5 Å². The number of benzene rings is 1. The number of rotatable bonds is 7. The molecule has 0 unspecified atom stereocenters. The second-order valence-electron chi connectivity index (χ2n) is 7.25. The zero-order chi connectivity index (χ0) is 21.0. The molecule has 1 amide bonds. The third-order valence-corrected chi connectivity index (χ3v) is 7.39. The quantitative estimate of drug-likeness (QED) is 0.712. The Bertz CT molecular complexity index is 929. The van der Waals surface area contributed by atoms with Gasteiger partial charge in [0.1, 0.15) is 0 Å². The highest BCUT2D eigenvalue weighted by Gasteiger charge is 2.22. The van der Waals surface area contributed by atoms with E-state index in [1.807, 2.05) is 19.1 Å². The molecule has 0 atom stereocenters. The number of aromatic nitrogens is 1. The number of aryl methyl sites for hydroxylation is 1. The van der Waals surface area contributed by atoms with Crippen LogP contribution in [-0.2, 0) is 21.1 Å². The SMILES string of the molecule is CCS(=O)(=O)c1ccc(N2CCC(NC(=O)CCc3c(C)noc3Cl)CC2)cc1. The Morgan fingerprint density at radius 3 is 2.48 bits per heavy atom. The zero-order valence-electron chi connectivity index (χ0n) is 16.7. The van der Waals surface area contributed by atoms with Crippen LogP contribution in [0.25, 0.3) is 0 Å². The van der Waals surface area contributed by atoms with Crippen LogP contribution in [0.3, 0.4) is 0 Å². The molecule has 2 heterocycles. The Labute approximate surface area is 176 Å². The Morgan fingerprint density at radius 2 is 1.93 bits per heavy atom. The number of halogens is 1. The topological polar surface area (TPSA) is 92.5 Å². The minimum Gasteiger partial charge on any atom is -0.371 e. The summed E-state index contributed by atoms with van der Waals surface area (Å²) in [4.78, 5) is 14.8. The lowest BCUT2D eigenvalue weighted by atomic mass is 10.0. The molecule has 0 aliphatic carbocycles. The fraction of sp³-hybridized carbons (Fsp3) is 0.500. The van der Waals surface area contributed by atoms with Crippen LogP contribution in [0.4, 0.5) is 5.69 Å². The van der Waals surface area contributed by atoms with Crippen molar-refractivity contribution >= 4 is 33.0 Å². The lowest BCUT2D eigenvalue weighted by Gasteiger charge is -2.34. The third kappa shape index (κ3) is 5.30. The van der Waals surface area contributed by atoms with E-state index in [9.17, 15) is 13.2 Å². The van der Waals surface area contributed by atoms with Gasteiger partial charge in [-0.1, -0.05) is 12.1 Å². The van der Waals surface area contributed by atoms with Gasteiger partial charge in [0.2, 0.25) is 11.1 Å². The molecule has 1 aromatic heterocycles. The maximum Gasteiger partial charge on any atom is 0.229 e. The van der Waals surface area contributed by atoms with E-state index < -0.39 is 9.84 Å². The average Bonchev–Trinajstić information content (AvgIpc) is 3.04. The minimum absolute atomic E-state index is 0.00533. The van der Waals surface area contributed by atoms with E-state index in [2.05, 4.69) is 15.4 Å². The predicted octanol–water partition coefficient (Wildman–Crippen LogP) is 3.15. The summed E-state index contributed by atoms with van der Waals surface area (Å²) in [5.41, 5.74) is 2.50. The molecule has 0 saturated carbocycles. The van der Waals surface area contributed by atoms with Gasteiger partial charge in [0.25, 0.3) is 0 Å². The van der Waals surface area contributed by atoms with Gasteiger partial charge in [-0.25, -0.2) is 8.42 Å². The second kappa shape index (κ2) is 9.17. The highest BCUT2D eigenvalue weighted by molar-refractivity contribution is 7.91. The van der Waals surface area contributed by atoms with E-state index in [0.717, 1.165) is 37.2 Å². The molecular formula is C20H26ClN3O4S. The van der Waals surface area contributed by atoms with E-state index in [4.69, 9.17) is 16.1 Å². The standard InChI is InChI=1S/C20H26ClN3O4S/c1-3-29(26,27)17-6-4-16(5-7-17)24-12-10-15(11-13-24)22-19(25)9-8-18-14(2)23-28-20(18)21/h4-7,15H,3,8-13H2,1-2H3,(H,22,25). The van der Waals surface area contributed by atoms with Crippen LogP contribution < -0.4 is 10.2 Å². The van der Waals surface area contributed by atoms with Crippen LogP contribution in [0.2, 0.25) is 5.22 Å². The minimum atomic E-state index is -3.18. The van der Waals surface area contributed by atoms with E-state index in [-0.39, 0.29) is 22.9 Å². The van der Waals surface area contributed by atoms with Gasteiger partial charge < -0.3 is 14.7 Å². The van der Waals surface area contributed by atoms with Crippen molar-refractivity contribution in [3.05, 3.63) is 40.7 Å². The number of hydrogen-bond acceptors (Lipinski definition) is 6. The van der Waals surface area contributed by atoms with Crippen molar-refractivity contribution in [2.75, 3.05) is 23.7 Å². The van der Waals surface area contributed by atoms with Crippen LogP contribution in [-0.4, -0.2) is 44.4 Å². The molecule has 0 radical (unpaired) electrons. The molecule has 1 fully saturated rings. The fourth-order valence-electron chi connectivity index (χ4n) is 3.49. The van der Waals surface area contributed by atoms with Gasteiger partial charge >= 0.3 is 0 Å². The number of carbonyl (C=O) groups excluding carboxylic acids is 1. The summed E-state index contributed by atoms with van der Waals surface area (Å²) in [5, 5.41) is 7.13. The first-order valence-corrected chi connectivity index (χ1v) is 11.8. The highest BCUT2D eigenvalue weighted by Crippen LogP contribution is 2.23. The number of nitrogens with one attached hydrogen (secondary N) is 1. The number of anilines is 1. The Morgan fingerprint density at radius 1 is 1.28 bits per heavy atom. The summed E-state index contributed by atoms with van der Waals surface area (Å²) in [6, 6.07) is 7.18. The number of piperidine rings is 1. The van der Waals surface area contributed by atoms with Crippen molar-refractivity contribution in [1.82, 2.24) is 10.5 Å². The summed E-state index contributed by atoms with van der Waals surface area (Å²) in [7, 11) is -3.18. The summed E-state index contributed by atoms with van der Waals surface area (Å²) >= 11 is 5.94. The number of hydrogen-bond donors (Lipinski definition) is 1. The molecule has 1 aliphatic rings. The highest BCUT2D eigenvalue weighted by atomic mass is 35.5. The molecule has 1 N–H and O–H groups in total. The molecular weight excluding hydrogens is 414 g/mol. The maximum atomic E-state index is 12.3. The third-order valence-electron chi connectivity index (χ3n) is 5.34. The first-order valence-electron chi connectivity index (χ1n) is 9.78. The maximum absolute atomic E-state index is 12.3. The molecule has 158 valence electrons. The van der Waals surface area contributed by atoms with Gasteiger partial charge in [-0.05, 0) is 62.1 Å². The van der Waals surface area contributed by atoms with Crippen LogP contribution in [0.1, 0.15) is 37.4 Å². The van der Waals surface area contributed by atoms with Gasteiger partial charge in [-0.2, -0.15) is 0 Å². The van der Waals surface area contributed by atoms with Gasteiger partial charge in [-0.15, -0.1) is 0 Å². The summed E-state index contributed by atoms with van der Waals surface area (Å²) < 4.78 is 28.8. The van der Waals surface area contributed by atoms with Gasteiger partial charge in [0.15, 0.2) is 9.84 Å². The van der Waals surface area contributed by atoms with Crippen LogP contribution in [0.15, 0.2) is 33.7 Å². The molecule has 7 nitrogen and oxygen atoms in total. The van der Waals surface area contributed by atoms with Crippen molar-refractivity contribution in [3.8, 4) is 0 Å². The van der Waals surface area contributed by atoms with E-state index in [1.54, 1.807) is 19.1 Å². The summed E-state index contributed by atoms with van der Waals surface area (Å²) in [5.74, 6) is 0.0922. The van der Waals surface area contributed by atoms with Crippen LogP contribution in [0.5, 0.6) is 0 Å². The van der Waals surface area contributed by atoms with Gasteiger partial charge in [0.05, 0.1) is 16.3 Å². The van der Waals surface area contributed by atoms with Crippen molar-refractivity contribution in [2.24, 2.45) is 0 Å². The molecule has 2 aromatic rings. The molecule has 0 spiro atoms. The number of carbonyl (C=O) groups is 1. The van der Waals surface area contributed by atoms with Crippen molar-refractivity contribution in [1.29, 1.82) is 0 Å². The second-order valence-corrected chi connectivity index (χ2v) is 9.87. The molecule has 29 heavy (non-hydrogen) atoms. The largest absolute Gasteiger partial charge is 0.371 e. The molecule has 1 saturated heterocycles. The molecule has 9 heteroatoms. The molecule has 1 aromatic carbocycles. The Kier molecular flexibility index (Phi) is 6.85. The van der Waals surface area contributed by atoms with E-state index in [0.29, 0.717) is 23.4 Å². The van der Waals surface area contributed by atoms with Gasteiger partial charge in [0, 0.05) is 36.8 Å². The normalized spacial score (nSPS) is 15.5. The lowest BCUT2D eigenvalue weighted by molar-refractivity contribution is -0.121. The Balaban J connectivity index is 1.47. The van der Waals surface area contributed by atoms with Gasteiger partial charge in [-0.3, -0.25) is 4.79 Å². The first-order chi connectivity index (χ1) is 13.8. The summed E-state index contributed by atoms with van der Waals surface area (Å²) in [6.45, 7) is 5.06. The molecule has 0 bridgehead atoms. The fourth-order valence-corrected chi connectivity index (χ4v) is 4.64. The Hall–Kier alpha value is -2.06. The van der Waals surface area contributed by atoms with E-state index in [1.165, 1.54) is 0 Å². The molecule has 1 aliphatic heterocycles. The van der Waals surface area contributed by atoms with Crippen molar-refractivity contribution in [3.63, 3.8) is 0 Å². The smallest absolute Gasteiger partial charge is 0.229 e. The number of sulfone groups is 1. The number of nitrogens with zero attached hydrogens (tertiary/aromatic N) is 2. The lowest BCUT2D eigenvalue weighted by Crippen LogP contribution is -2.44. The number of amides is 1.